The van der Waals surface area contributed by atoms with Gasteiger partial charge in [-0.15, -0.1) is 0 Å². The average molecular weight is 233 g/mol. The molecule has 2 rings (SSSR count). The lowest BCUT2D eigenvalue weighted by Gasteiger charge is -2.23. The number of aromatic nitrogens is 1. The lowest BCUT2D eigenvalue weighted by Crippen LogP contribution is -2.39. The molecule has 1 aliphatic rings. The van der Waals surface area contributed by atoms with Crippen LogP contribution in [0.15, 0.2) is 18.3 Å². The molecule has 0 saturated heterocycles. The smallest absolute Gasteiger partial charge is 0.319 e. The highest BCUT2D eigenvalue weighted by Gasteiger charge is 2.15. The van der Waals surface area contributed by atoms with Crippen LogP contribution >= 0.6 is 0 Å². The van der Waals surface area contributed by atoms with Gasteiger partial charge in [-0.1, -0.05) is 19.3 Å². The molecule has 92 valence electrons. The molecule has 2 amide bonds. The number of nitrogens with one attached hydrogen (secondary N) is 2. The normalized spacial score (nSPS) is 16.5. The fourth-order valence-electron chi connectivity index (χ4n) is 2.21. The number of hydrogen-bond acceptors (Lipinski definition) is 2. The minimum atomic E-state index is -0.118. The zero-order chi connectivity index (χ0) is 12.1. The van der Waals surface area contributed by atoms with E-state index < -0.39 is 0 Å². The van der Waals surface area contributed by atoms with Crippen LogP contribution in [-0.2, 0) is 0 Å². The molecule has 0 aliphatic heterocycles. The Labute approximate surface area is 102 Å². The van der Waals surface area contributed by atoms with E-state index in [0.29, 0.717) is 6.04 Å². The molecule has 1 aromatic rings. The van der Waals surface area contributed by atoms with Crippen molar-refractivity contribution in [3.63, 3.8) is 0 Å². The third kappa shape index (κ3) is 3.44. The van der Waals surface area contributed by atoms with Gasteiger partial charge >= 0.3 is 6.03 Å². The van der Waals surface area contributed by atoms with Crippen LogP contribution < -0.4 is 10.6 Å². The van der Waals surface area contributed by atoms with Crippen molar-refractivity contribution < 1.29 is 4.79 Å². The number of pyridine rings is 1. The molecule has 0 radical (unpaired) electrons. The van der Waals surface area contributed by atoms with E-state index in [4.69, 9.17) is 0 Å². The van der Waals surface area contributed by atoms with Crippen molar-refractivity contribution in [2.75, 3.05) is 5.32 Å². The van der Waals surface area contributed by atoms with Crippen LogP contribution in [0, 0.1) is 6.92 Å². The Kier molecular flexibility index (Phi) is 3.96. The number of carbonyl (C=O) groups is 1. The second-order valence-corrected chi connectivity index (χ2v) is 4.57. The Bertz CT molecular complexity index is 386. The number of urea groups is 1. The number of anilines is 1. The summed E-state index contributed by atoms with van der Waals surface area (Å²) >= 11 is 0. The van der Waals surface area contributed by atoms with Crippen molar-refractivity contribution in [3.05, 3.63) is 24.0 Å². The molecule has 1 aliphatic carbocycles. The SMILES string of the molecule is Cc1ncccc1NC(=O)NC1CCCCC1. The summed E-state index contributed by atoms with van der Waals surface area (Å²) < 4.78 is 0. The number of amides is 2. The Morgan fingerprint density at radius 3 is 2.82 bits per heavy atom. The minimum absolute atomic E-state index is 0.118. The highest BCUT2D eigenvalue weighted by Crippen LogP contribution is 2.17. The van der Waals surface area contributed by atoms with Crippen molar-refractivity contribution >= 4 is 11.7 Å². The predicted octanol–water partition coefficient (Wildman–Crippen LogP) is 2.84. The second-order valence-electron chi connectivity index (χ2n) is 4.57. The molecule has 0 unspecified atom stereocenters. The number of nitrogens with zero attached hydrogens (tertiary/aromatic N) is 1. The Morgan fingerprint density at radius 1 is 1.35 bits per heavy atom. The first-order valence-electron chi connectivity index (χ1n) is 6.25. The van der Waals surface area contributed by atoms with Crippen LogP contribution in [0.1, 0.15) is 37.8 Å². The minimum Gasteiger partial charge on any atom is -0.335 e. The molecule has 0 bridgehead atoms. The second kappa shape index (κ2) is 5.66. The van der Waals surface area contributed by atoms with Crippen molar-refractivity contribution in [2.24, 2.45) is 0 Å². The standard InChI is InChI=1S/C13H19N3O/c1-10-12(8-5-9-14-10)16-13(17)15-11-6-3-2-4-7-11/h5,8-9,11H,2-4,6-7H2,1H3,(H2,15,16,17). The summed E-state index contributed by atoms with van der Waals surface area (Å²) in [6.45, 7) is 1.89. The van der Waals surface area contributed by atoms with Crippen molar-refractivity contribution in [1.82, 2.24) is 10.3 Å². The summed E-state index contributed by atoms with van der Waals surface area (Å²) in [4.78, 5) is 15.9. The van der Waals surface area contributed by atoms with Gasteiger partial charge in [0, 0.05) is 12.2 Å². The number of rotatable bonds is 2. The fourth-order valence-corrected chi connectivity index (χ4v) is 2.21. The van der Waals surface area contributed by atoms with Gasteiger partial charge in [0.25, 0.3) is 0 Å². The van der Waals surface area contributed by atoms with E-state index in [0.717, 1.165) is 24.2 Å². The van der Waals surface area contributed by atoms with Crippen molar-refractivity contribution in [3.8, 4) is 0 Å². The van der Waals surface area contributed by atoms with Crippen LogP contribution in [0.5, 0.6) is 0 Å². The molecule has 17 heavy (non-hydrogen) atoms. The summed E-state index contributed by atoms with van der Waals surface area (Å²) in [7, 11) is 0. The van der Waals surface area contributed by atoms with Crippen LogP contribution in [0.4, 0.5) is 10.5 Å². The zero-order valence-electron chi connectivity index (χ0n) is 10.2. The molecule has 0 spiro atoms. The van der Waals surface area contributed by atoms with Crippen LogP contribution in [-0.4, -0.2) is 17.1 Å². The van der Waals surface area contributed by atoms with Crippen LogP contribution in [0.3, 0.4) is 0 Å². The maximum absolute atomic E-state index is 11.8. The van der Waals surface area contributed by atoms with Gasteiger partial charge in [0.2, 0.25) is 0 Å². The first-order chi connectivity index (χ1) is 8.25. The summed E-state index contributed by atoms with van der Waals surface area (Å²) in [6, 6.07) is 3.90. The molecule has 1 fully saturated rings. The summed E-state index contributed by atoms with van der Waals surface area (Å²) in [5.41, 5.74) is 1.62. The first kappa shape index (κ1) is 11.9. The predicted molar refractivity (Wildman–Crippen MR) is 68.0 cm³/mol. The van der Waals surface area contributed by atoms with Gasteiger partial charge in [-0.25, -0.2) is 4.79 Å². The summed E-state index contributed by atoms with van der Waals surface area (Å²) in [5.74, 6) is 0. The number of carbonyl (C=O) groups excluding carboxylic acids is 1. The van der Waals surface area contributed by atoms with Gasteiger partial charge in [0.15, 0.2) is 0 Å². The van der Waals surface area contributed by atoms with E-state index in [1.54, 1.807) is 6.20 Å². The van der Waals surface area contributed by atoms with E-state index in [2.05, 4.69) is 15.6 Å². The average Bonchev–Trinajstić information content (AvgIpc) is 2.33. The number of hydrogen-bond donors (Lipinski definition) is 2. The largest absolute Gasteiger partial charge is 0.335 e. The van der Waals surface area contributed by atoms with E-state index in [9.17, 15) is 4.79 Å². The quantitative estimate of drug-likeness (QED) is 0.825. The van der Waals surface area contributed by atoms with Crippen molar-refractivity contribution in [1.29, 1.82) is 0 Å². The third-order valence-corrected chi connectivity index (χ3v) is 3.20. The highest BCUT2D eigenvalue weighted by atomic mass is 16.2. The monoisotopic (exact) mass is 233 g/mol. The molecule has 2 N–H and O–H groups in total. The molecular weight excluding hydrogens is 214 g/mol. The number of aryl methyl sites for hydroxylation is 1. The maximum atomic E-state index is 11.8. The Morgan fingerprint density at radius 2 is 2.12 bits per heavy atom. The summed E-state index contributed by atoms with van der Waals surface area (Å²) in [5, 5.41) is 5.86. The van der Waals surface area contributed by atoms with Gasteiger partial charge < -0.3 is 10.6 Å². The molecule has 4 heteroatoms. The Hall–Kier alpha value is -1.58. The topological polar surface area (TPSA) is 54.0 Å². The molecule has 0 aromatic carbocycles. The molecule has 4 nitrogen and oxygen atoms in total. The van der Waals surface area contributed by atoms with Gasteiger partial charge in [-0.2, -0.15) is 0 Å². The lowest BCUT2D eigenvalue weighted by molar-refractivity contribution is 0.244. The molecule has 1 heterocycles. The fraction of sp³-hybridized carbons (Fsp3) is 0.538. The van der Waals surface area contributed by atoms with E-state index in [-0.39, 0.29) is 6.03 Å². The van der Waals surface area contributed by atoms with Crippen molar-refractivity contribution in [2.45, 2.75) is 45.1 Å². The van der Waals surface area contributed by atoms with E-state index in [1.807, 2.05) is 19.1 Å². The lowest BCUT2D eigenvalue weighted by atomic mass is 9.96. The molecule has 1 saturated carbocycles. The van der Waals surface area contributed by atoms with E-state index in [1.165, 1.54) is 19.3 Å². The van der Waals surface area contributed by atoms with Gasteiger partial charge in [-0.05, 0) is 31.9 Å². The van der Waals surface area contributed by atoms with E-state index >= 15 is 0 Å². The molecular formula is C13H19N3O. The van der Waals surface area contributed by atoms with Crippen LogP contribution in [0.2, 0.25) is 0 Å². The van der Waals surface area contributed by atoms with Crippen LogP contribution in [0.25, 0.3) is 0 Å². The Balaban J connectivity index is 1.86. The van der Waals surface area contributed by atoms with Gasteiger partial charge in [-0.3, -0.25) is 4.98 Å². The third-order valence-electron chi connectivity index (χ3n) is 3.20. The molecule has 1 aromatic heterocycles. The van der Waals surface area contributed by atoms with Gasteiger partial charge in [0.1, 0.15) is 0 Å². The maximum Gasteiger partial charge on any atom is 0.319 e. The first-order valence-corrected chi connectivity index (χ1v) is 6.25. The highest BCUT2D eigenvalue weighted by molar-refractivity contribution is 5.89. The summed E-state index contributed by atoms with van der Waals surface area (Å²) in [6.07, 6.45) is 7.65. The van der Waals surface area contributed by atoms with Gasteiger partial charge in [0.05, 0.1) is 11.4 Å². The zero-order valence-corrected chi connectivity index (χ0v) is 10.2. The molecule has 0 atom stereocenters.